The Morgan fingerprint density at radius 2 is 2.07 bits per heavy atom. The normalized spacial score (nSPS) is 10.7. The summed E-state index contributed by atoms with van der Waals surface area (Å²) in [7, 11) is 3.06. The molecule has 1 amide bonds. The van der Waals surface area contributed by atoms with Crippen molar-refractivity contribution >= 4 is 23.1 Å². The lowest BCUT2D eigenvalue weighted by Gasteiger charge is -2.11. The number of aryl methyl sites for hydroxylation is 1. The van der Waals surface area contributed by atoms with Gasteiger partial charge in [-0.25, -0.2) is 4.98 Å². The highest BCUT2D eigenvalue weighted by molar-refractivity contribution is 7.12. The molecule has 0 bridgehead atoms. The average Bonchev–Trinajstić information content (AvgIpc) is 3.47. The maximum absolute atomic E-state index is 12.9. The van der Waals surface area contributed by atoms with Gasteiger partial charge in [-0.05, 0) is 31.2 Å². The predicted molar refractivity (Wildman–Crippen MR) is 109 cm³/mol. The van der Waals surface area contributed by atoms with Gasteiger partial charge in [-0.1, -0.05) is 0 Å². The van der Waals surface area contributed by atoms with Gasteiger partial charge in [-0.3, -0.25) is 4.79 Å². The standard InChI is InChI=1S/C20H18N4O4S/c1-12-9-18(22-19(25)14-7-6-13(26-2)10-17(14)27-3)24(23-12)20-21-15(11-29-20)16-5-4-8-28-16/h4-11H,1-3H3,(H,22,25). The second-order valence-corrected chi connectivity index (χ2v) is 6.93. The Bertz CT molecular complexity index is 1150. The summed E-state index contributed by atoms with van der Waals surface area (Å²) in [5, 5.41) is 9.84. The maximum atomic E-state index is 12.9. The minimum absolute atomic E-state index is 0.325. The number of furan rings is 1. The molecule has 0 aliphatic heterocycles. The van der Waals surface area contributed by atoms with Crippen LogP contribution in [0.5, 0.6) is 11.5 Å². The molecule has 0 aliphatic rings. The van der Waals surface area contributed by atoms with Crippen molar-refractivity contribution in [2.45, 2.75) is 6.92 Å². The van der Waals surface area contributed by atoms with E-state index in [0.29, 0.717) is 39.5 Å². The van der Waals surface area contributed by atoms with Crippen molar-refractivity contribution in [3.8, 4) is 28.1 Å². The number of hydrogen-bond donors (Lipinski definition) is 1. The molecule has 1 aromatic carbocycles. The van der Waals surface area contributed by atoms with Gasteiger partial charge in [0.25, 0.3) is 5.91 Å². The number of hydrogen-bond acceptors (Lipinski definition) is 7. The van der Waals surface area contributed by atoms with Gasteiger partial charge in [0, 0.05) is 17.5 Å². The molecular formula is C20H18N4O4S. The van der Waals surface area contributed by atoms with Crippen molar-refractivity contribution in [2.75, 3.05) is 19.5 Å². The van der Waals surface area contributed by atoms with Crippen LogP contribution in [-0.4, -0.2) is 34.9 Å². The number of carbonyl (C=O) groups is 1. The summed E-state index contributed by atoms with van der Waals surface area (Å²) in [5.41, 5.74) is 1.84. The molecule has 9 heteroatoms. The van der Waals surface area contributed by atoms with E-state index in [9.17, 15) is 4.79 Å². The number of aromatic nitrogens is 3. The van der Waals surface area contributed by atoms with E-state index in [2.05, 4.69) is 15.4 Å². The van der Waals surface area contributed by atoms with Crippen LogP contribution in [0.15, 0.2) is 52.5 Å². The molecule has 8 nitrogen and oxygen atoms in total. The molecule has 29 heavy (non-hydrogen) atoms. The lowest BCUT2D eigenvalue weighted by Crippen LogP contribution is -2.16. The summed E-state index contributed by atoms with van der Waals surface area (Å²) < 4.78 is 17.5. The van der Waals surface area contributed by atoms with Crippen molar-refractivity contribution < 1.29 is 18.7 Å². The molecule has 0 spiro atoms. The summed E-state index contributed by atoms with van der Waals surface area (Å²) in [6.07, 6.45) is 1.60. The number of amides is 1. The molecule has 3 heterocycles. The van der Waals surface area contributed by atoms with Crippen LogP contribution < -0.4 is 14.8 Å². The summed E-state index contributed by atoms with van der Waals surface area (Å²) in [5.74, 6) is 1.87. The Kier molecular flexibility index (Phi) is 5.05. The average molecular weight is 410 g/mol. The third kappa shape index (κ3) is 3.72. The molecule has 148 valence electrons. The van der Waals surface area contributed by atoms with Gasteiger partial charge in [-0.2, -0.15) is 9.78 Å². The van der Waals surface area contributed by atoms with Crippen molar-refractivity contribution in [1.29, 1.82) is 0 Å². The first-order valence-electron chi connectivity index (χ1n) is 8.69. The highest BCUT2D eigenvalue weighted by atomic mass is 32.1. The molecule has 0 atom stereocenters. The van der Waals surface area contributed by atoms with Gasteiger partial charge in [0.2, 0.25) is 5.13 Å². The fraction of sp³-hybridized carbons (Fsp3) is 0.150. The van der Waals surface area contributed by atoms with E-state index in [4.69, 9.17) is 13.9 Å². The lowest BCUT2D eigenvalue weighted by atomic mass is 10.1. The number of nitrogens with one attached hydrogen (secondary N) is 1. The topological polar surface area (TPSA) is 91.4 Å². The van der Waals surface area contributed by atoms with E-state index in [1.165, 1.54) is 18.4 Å². The van der Waals surface area contributed by atoms with E-state index in [1.54, 1.807) is 48.4 Å². The van der Waals surface area contributed by atoms with Gasteiger partial charge >= 0.3 is 0 Å². The predicted octanol–water partition coefficient (Wildman–Crippen LogP) is 4.17. The van der Waals surface area contributed by atoms with E-state index in [0.717, 1.165) is 5.69 Å². The van der Waals surface area contributed by atoms with E-state index < -0.39 is 0 Å². The van der Waals surface area contributed by atoms with Crippen molar-refractivity contribution in [3.63, 3.8) is 0 Å². The van der Waals surface area contributed by atoms with Crippen LogP contribution in [0.25, 0.3) is 16.6 Å². The SMILES string of the molecule is COc1ccc(C(=O)Nc2cc(C)nn2-c2nc(-c3ccco3)cs2)c(OC)c1. The van der Waals surface area contributed by atoms with Crippen LogP contribution in [0.3, 0.4) is 0 Å². The maximum Gasteiger partial charge on any atom is 0.260 e. The number of rotatable bonds is 6. The largest absolute Gasteiger partial charge is 0.497 e. The van der Waals surface area contributed by atoms with Gasteiger partial charge in [0.05, 0.1) is 31.7 Å². The highest BCUT2D eigenvalue weighted by Crippen LogP contribution is 2.28. The number of benzene rings is 1. The minimum Gasteiger partial charge on any atom is -0.497 e. The fourth-order valence-corrected chi connectivity index (χ4v) is 3.58. The van der Waals surface area contributed by atoms with Crippen LogP contribution in [0.2, 0.25) is 0 Å². The molecule has 0 radical (unpaired) electrons. The van der Waals surface area contributed by atoms with Crippen LogP contribution in [0.4, 0.5) is 5.82 Å². The van der Waals surface area contributed by atoms with Crippen LogP contribution in [-0.2, 0) is 0 Å². The molecule has 4 rings (SSSR count). The Balaban J connectivity index is 1.63. The van der Waals surface area contributed by atoms with Crippen molar-refractivity contribution in [2.24, 2.45) is 0 Å². The smallest absolute Gasteiger partial charge is 0.260 e. The van der Waals surface area contributed by atoms with Crippen LogP contribution >= 0.6 is 11.3 Å². The van der Waals surface area contributed by atoms with Gasteiger partial charge in [0.15, 0.2) is 5.76 Å². The molecule has 0 aliphatic carbocycles. The first-order valence-corrected chi connectivity index (χ1v) is 9.57. The number of carbonyl (C=O) groups excluding carboxylic acids is 1. The van der Waals surface area contributed by atoms with Crippen molar-refractivity contribution in [3.05, 3.63) is 59.3 Å². The van der Waals surface area contributed by atoms with E-state index in [-0.39, 0.29) is 5.91 Å². The molecule has 0 saturated carbocycles. The quantitative estimate of drug-likeness (QED) is 0.513. The molecule has 3 aromatic heterocycles. The zero-order valence-corrected chi connectivity index (χ0v) is 16.8. The monoisotopic (exact) mass is 410 g/mol. The van der Waals surface area contributed by atoms with Gasteiger partial charge in [0.1, 0.15) is 23.0 Å². The Morgan fingerprint density at radius 1 is 1.21 bits per heavy atom. The summed E-state index contributed by atoms with van der Waals surface area (Å²) in [6, 6.07) is 10.4. The lowest BCUT2D eigenvalue weighted by molar-refractivity contribution is 0.102. The molecule has 4 aromatic rings. The molecule has 1 N–H and O–H groups in total. The Labute approximate surface area is 170 Å². The van der Waals surface area contributed by atoms with E-state index >= 15 is 0 Å². The fourth-order valence-electron chi connectivity index (χ4n) is 2.80. The number of anilines is 1. The zero-order valence-electron chi connectivity index (χ0n) is 16.0. The van der Waals surface area contributed by atoms with E-state index in [1.807, 2.05) is 18.4 Å². The second-order valence-electron chi connectivity index (χ2n) is 6.10. The third-order valence-electron chi connectivity index (χ3n) is 4.17. The third-order valence-corrected chi connectivity index (χ3v) is 4.99. The van der Waals surface area contributed by atoms with Crippen LogP contribution in [0, 0.1) is 6.92 Å². The van der Waals surface area contributed by atoms with Crippen molar-refractivity contribution in [1.82, 2.24) is 14.8 Å². The summed E-state index contributed by atoms with van der Waals surface area (Å²) in [6.45, 7) is 1.85. The first-order chi connectivity index (χ1) is 14.1. The van der Waals surface area contributed by atoms with Crippen LogP contribution in [0.1, 0.15) is 16.1 Å². The molecule has 0 saturated heterocycles. The number of nitrogens with zero attached hydrogens (tertiary/aromatic N) is 3. The first kappa shape index (κ1) is 18.8. The number of thiazole rings is 1. The van der Waals surface area contributed by atoms with Gasteiger partial charge < -0.3 is 19.2 Å². The molecular weight excluding hydrogens is 392 g/mol. The Morgan fingerprint density at radius 3 is 2.79 bits per heavy atom. The summed E-state index contributed by atoms with van der Waals surface area (Å²) >= 11 is 1.40. The molecule has 0 unspecified atom stereocenters. The second kappa shape index (κ2) is 7.80. The number of methoxy groups -OCH3 is 2. The Hall–Kier alpha value is -3.59. The highest BCUT2D eigenvalue weighted by Gasteiger charge is 2.18. The summed E-state index contributed by atoms with van der Waals surface area (Å²) in [4.78, 5) is 17.4. The van der Waals surface area contributed by atoms with Gasteiger partial charge in [-0.15, -0.1) is 11.3 Å². The minimum atomic E-state index is -0.325. The molecule has 0 fully saturated rings. The number of ether oxygens (including phenoxy) is 2. The zero-order chi connectivity index (χ0) is 20.4.